The summed E-state index contributed by atoms with van der Waals surface area (Å²) in [5.74, 6) is 0.0700. The molecule has 180 valence electrons. The number of para-hydroxylation sites is 1. The van der Waals surface area contributed by atoms with Crippen molar-refractivity contribution in [1.29, 1.82) is 0 Å². The van der Waals surface area contributed by atoms with Crippen molar-refractivity contribution in [2.75, 3.05) is 24.3 Å². The maximum Gasteiger partial charge on any atom is 0.343 e. The molecule has 0 unspecified atom stereocenters. The number of carbonyl (C=O) groups is 1. The fourth-order valence-corrected chi connectivity index (χ4v) is 5.11. The number of benzene rings is 1. The van der Waals surface area contributed by atoms with Crippen molar-refractivity contribution in [3.63, 3.8) is 0 Å². The minimum absolute atomic E-state index is 0.189. The molecule has 5 rings (SSSR count). The van der Waals surface area contributed by atoms with Crippen LogP contribution < -0.4 is 10.5 Å². The number of anilines is 1. The predicted octanol–water partition coefficient (Wildman–Crippen LogP) is 4.69. The van der Waals surface area contributed by atoms with Crippen LogP contribution in [0, 0.1) is 6.92 Å². The number of ether oxygens (including phenoxy) is 1. The molecule has 1 aromatic carbocycles. The Morgan fingerprint density at radius 2 is 2.00 bits per heavy atom. The van der Waals surface area contributed by atoms with Crippen LogP contribution in [0.25, 0.3) is 11.2 Å². The second-order valence-electron chi connectivity index (χ2n) is 8.16. The van der Waals surface area contributed by atoms with E-state index in [-0.39, 0.29) is 18.2 Å². The molecule has 4 heterocycles. The van der Waals surface area contributed by atoms with Gasteiger partial charge in [0.15, 0.2) is 5.16 Å². The number of aromatic nitrogens is 4. The topological polar surface area (TPSA) is 81.7 Å². The average molecular weight is 510 g/mol. The molecule has 35 heavy (non-hydrogen) atoms. The van der Waals surface area contributed by atoms with Gasteiger partial charge in [0.2, 0.25) is 0 Å². The SMILES string of the molecule is CCOC(=O)c1c(C)nc(SC)nc1N1CC[C@H]1c1cn2ccc(Cl)c2c(=O)n1-c1ccccc1. The summed E-state index contributed by atoms with van der Waals surface area (Å²) >= 11 is 7.77. The van der Waals surface area contributed by atoms with Gasteiger partial charge in [-0.2, -0.15) is 0 Å². The van der Waals surface area contributed by atoms with Crippen LogP contribution in [0.3, 0.4) is 0 Å². The number of carbonyl (C=O) groups excluding carboxylic acids is 1. The van der Waals surface area contributed by atoms with E-state index in [9.17, 15) is 9.59 Å². The summed E-state index contributed by atoms with van der Waals surface area (Å²) in [4.78, 5) is 37.8. The maximum absolute atomic E-state index is 13.7. The van der Waals surface area contributed by atoms with Gasteiger partial charge in [-0.15, -0.1) is 0 Å². The molecular formula is C25H24ClN5O3S. The van der Waals surface area contributed by atoms with E-state index in [0.717, 1.165) is 17.8 Å². The number of hydrogen-bond acceptors (Lipinski definition) is 7. The minimum atomic E-state index is -0.452. The van der Waals surface area contributed by atoms with E-state index in [1.165, 1.54) is 11.8 Å². The van der Waals surface area contributed by atoms with Crippen LogP contribution in [0.15, 0.2) is 58.7 Å². The zero-order valence-corrected chi connectivity index (χ0v) is 21.1. The molecule has 1 atom stereocenters. The Morgan fingerprint density at radius 3 is 2.66 bits per heavy atom. The van der Waals surface area contributed by atoms with Crippen LogP contribution in [0.1, 0.15) is 41.1 Å². The van der Waals surface area contributed by atoms with Crippen LogP contribution in [-0.4, -0.2) is 44.3 Å². The largest absolute Gasteiger partial charge is 0.462 e. The van der Waals surface area contributed by atoms with Crippen molar-refractivity contribution in [1.82, 2.24) is 18.9 Å². The molecule has 1 fully saturated rings. The summed E-state index contributed by atoms with van der Waals surface area (Å²) in [6.45, 7) is 4.49. The molecule has 0 spiro atoms. The highest BCUT2D eigenvalue weighted by molar-refractivity contribution is 7.98. The van der Waals surface area contributed by atoms with E-state index in [4.69, 9.17) is 21.3 Å². The van der Waals surface area contributed by atoms with Crippen molar-refractivity contribution in [3.8, 4) is 5.69 Å². The Labute approximate surface area is 211 Å². The Hall–Kier alpha value is -3.30. The monoisotopic (exact) mass is 509 g/mol. The summed E-state index contributed by atoms with van der Waals surface area (Å²) in [6, 6.07) is 11.0. The Balaban J connectivity index is 1.70. The second-order valence-corrected chi connectivity index (χ2v) is 9.34. The lowest BCUT2D eigenvalue weighted by Gasteiger charge is -2.43. The van der Waals surface area contributed by atoms with Gasteiger partial charge in [0, 0.05) is 24.6 Å². The molecule has 0 amide bonds. The molecule has 3 aromatic heterocycles. The summed E-state index contributed by atoms with van der Waals surface area (Å²) in [6.07, 6.45) is 6.39. The van der Waals surface area contributed by atoms with Gasteiger partial charge in [0.1, 0.15) is 16.9 Å². The van der Waals surface area contributed by atoms with Gasteiger partial charge in [0.25, 0.3) is 5.56 Å². The van der Waals surface area contributed by atoms with Gasteiger partial charge in [-0.3, -0.25) is 9.36 Å². The standard InChI is InChI=1S/C25H24ClN5O3S/c1-4-34-24(33)20-15(2)27-25(35-3)28-22(20)30-13-11-18(30)19-14-29-12-10-17(26)21(29)23(32)31(19)16-8-6-5-7-9-16/h5-10,12,14,18H,4,11,13H2,1-3H3/t18-/m0/s1. The van der Waals surface area contributed by atoms with Crippen LogP contribution in [0.5, 0.6) is 0 Å². The Morgan fingerprint density at radius 1 is 1.23 bits per heavy atom. The first-order valence-electron chi connectivity index (χ1n) is 11.3. The number of rotatable bonds is 6. The molecule has 1 aliphatic heterocycles. The summed E-state index contributed by atoms with van der Waals surface area (Å²) in [7, 11) is 0. The van der Waals surface area contributed by atoms with Crippen LogP contribution in [0.4, 0.5) is 5.82 Å². The quantitative estimate of drug-likeness (QED) is 0.212. The van der Waals surface area contributed by atoms with Crippen molar-refractivity contribution in [2.24, 2.45) is 0 Å². The molecule has 0 radical (unpaired) electrons. The lowest BCUT2D eigenvalue weighted by atomic mass is 9.97. The Bertz CT molecular complexity index is 1480. The molecule has 1 saturated heterocycles. The first-order chi connectivity index (χ1) is 16.9. The van der Waals surface area contributed by atoms with Gasteiger partial charge < -0.3 is 14.0 Å². The second kappa shape index (κ2) is 9.39. The number of halogens is 1. The van der Waals surface area contributed by atoms with Gasteiger partial charge in [-0.25, -0.2) is 14.8 Å². The van der Waals surface area contributed by atoms with E-state index >= 15 is 0 Å². The van der Waals surface area contributed by atoms with E-state index in [0.29, 0.717) is 39.3 Å². The number of fused-ring (bicyclic) bond motifs is 1. The number of nitrogens with zero attached hydrogens (tertiary/aromatic N) is 5. The average Bonchev–Trinajstić information content (AvgIpc) is 3.19. The highest BCUT2D eigenvalue weighted by atomic mass is 35.5. The summed E-state index contributed by atoms with van der Waals surface area (Å²) in [5, 5.41) is 0.974. The Kier molecular flexibility index (Phi) is 6.29. The van der Waals surface area contributed by atoms with Crippen molar-refractivity contribution in [3.05, 3.63) is 81.1 Å². The minimum Gasteiger partial charge on any atom is -0.462 e. The van der Waals surface area contributed by atoms with Gasteiger partial charge >= 0.3 is 5.97 Å². The zero-order chi connectivity index (χ0) is 24.7. The highest BCUT2D eigenvalue weighted by Crippen LogP contribution is 2.40. The van der Waals surface area contributed by atoms with Crippen LogP contribution >= 0.6 is 23.4 Å². The third-order valence-corrected chi connectivity index (χ3v) is 7.01. The van der Waals surface area contributed by atoms with Crippen molar-refractivity contribution in [2.45, 2.75) is 31.5 Å². The fraction of sp³-hybridized carbons (Fsp3) is 0.280. The molecule has 10 heteroatoms. The van der Waals surface area contributed by atoms with Gasteiger partial charge in [0.05, 0.1) is 29.1 Å². The summed E-state index contributed by atoms with van der Waals surface area (Å²) < 4.78 is 8.79. The first kappa shape index (κ1) is 23.4. The number of esters is 1. The first-order valence-corrected chi connectivity index (χ1v) is 12.9. The molecule has 0 bridgehead atoms. The fourth-order valence-electron chi connectivity index (χ4n) is 4.47. The molecule has 8 nitrogen and oxygen atoms in total. The maximum atomic E-state index is 13.7. The molecule has 0 aliphatic carbocycles. The number of thioether (sulfide) groups is 1. The van der Waals surface area contributed by atoms with Crippen molar-refractivity contribution >= 4 is 40.7 Å². The van der Waals surface area contributed by atoms with Gasteiger partial charge in [-0.1, -0.05) is 41.6 Å². The van der Waals surface area contributed by atoms with E-state index < -0.39 is 5.97 Å². The molecular weight excluding hydrogens is 486 g/mol. The summed E-state index contributed by atoms with van der Waals surface area (Å²) in [5.41, 5.74) is 2.66. The molecule has 4 aromatic rings. The third kappa shape index (κ3) is 3.98. The van der Waals surface area contributed by atoms with Crippen molar-refractivity contribution < 1.29 is 9.53 Å². The third-order valence-electron chi connectivity index (χ3n) is 6.16. The van der Waals surface area contributed by atoms with E-state index in [1.54, 1.807) is 35.1 Å². The van der Waals surface area contributed by atoms with Crippen LogP contribution in [-0.2, 0) is 4.74 Å². The molecule has 0 N–H and O–H groups in total. The smallest absolute Gasteiger partial charge is 0.343 e. The number of aryl methyl sites for hydroxylation is 1. The van der Waals surface area contributed by atoms with Crippen LogP contribution in [0.2, 0.25) is 5.02 Å². The van der Waals surface area contributed by atoms with Gasteiger partial charge in [-0.05, 0) is 44.7 Å². The lowest BCUT2D eigenvalue weighted by Crippen LogP contribution is -2.45. The predicted molar refractivity (Wildman–Crippen MR) is 137 cm³/mol. The molecule has 0 saturated carbocycles. The zero-order valence-electron chi connectivity index (χ0n) is 19.6. The lowest BCUT2D eigenvalue weighted by molar-refractivity contribution is 0.0524. The molecule has 1 aliphatic rings. The normalized spacial score (nSPS) is 15.3. The highest BCUT2D eigenvalue weighted by Gasteiger charge is 2.37. The van der Waals surface area contributed by atoms with E-state index in [2.05, 4.69) is 4.98 Å². The number of hydrogen-bond donors (Lipinski definition) is 0. The van der Waals surface area contributed by atoms with E-state index in [1.807, 2.05) is 47.7 Å².